The minimum Gasteiger partial charge on any atom is -0.497 e. The highest BCUT2D eigenvalue weighted by Crippen LogP contribution is 2.36. The van der Waals surface area contributed by atoms with Crippen molar-refractivity contribution >= 4 is 11.3 Å². The molecule has 18 heavy (non-hydrogen) atoms. The van der Waals surface area contributed by atoms with Crippen LogP contribution in [0.15, 0.2) is 30.3 Å². The van der Waals surface area contributed by atoms with E-state index in [1.165, 1.54) is 29.7 Å². The monoisotopic (exact) mass is 260 g/mol. The van der Waals surface area contributed by atoms with Gasteiger partial charge in [0.1, 0.15) is 11.9 Å². The van der Waals surface area contributed by atoms with Crippen molar-refractivity contribution in [2.45, 2.75) is 25.4 Å². The maximum absolute atomic E-state index is 10.4. The Hall–Kier alpha value is -1.32. The van der Waals surface area contributed by atoms with Crippen LogP contribution in [0.2, 0.25) is 0 Å². The molecule has 0 saturated heterocycles. The van der Waals surface area contributed by atoms with E-state index in [4.69, 9.17) is 4.74 Å². The van der Waals surface area contributed by atoms with E-state index in [0.29, 0.717) is 0 Å². The number of aryl methyl sites for hydroxylation is 2. The van der Waals surface area contributed by atoms with Crippen LogP contribution in [0.1, 0.15) is 33.4 Å². The number of aliphatic hydroxyl groups is 1. The molecule has 3 heteroatoms. The van der Waals surface area contributed by atoms with Crippen LogP contribution in [-0.4, -0.2) is 12.2 Å². The molecule has 1 unspecified atom stereocenters. The number of aliphatic hydroxyl groups excluding tert-OH is 1. The molecular formula is C15H16O2S. The number of fused-ring (bicyclic) bond motifs is 1. The first kappa shape index (κ1) is 11.8. The number of methoxy groups -OCH3 is 1. The molecule has 1 N–H and O–H groups in total. The molecule has 0 bridgehead atoms. The third kappa shape index (κ3) is 2.04. The summed E-state index contributed by atoms with van der Waals surface area (Å²) >= 11 is 1.75. The molecule has 0 amide bonds. The summed E-state index contributed by atoms with van der Waals surface area (Å²) in [4.78, 5) is 2.52. The lowest BCUT2D eigenvalue weighted by Gasteiger charge is -2.09. The highest BCUT2D eigenvalue weighted by molar-refractivity contribution is 7.12. The molecule has 0 fully saturated rings. The van der Waals surface area contributed by atoms with E-state index in [2.05, 4.69) is 6.07 Å². The first-order chi connectivity index (χ1) is 8.78. The highest BCUT2D eigenvalue weighted by Gasteiger charge is 2.19. The van der Waals surface area contributed by atoms with Gasteiger partial charge in [-0.15, -0.1) is 11.3 Å². The Bertz CT molecular complexity index is 521. The molecule has 1 aromatic heterocycles. The van der Waals surface area contributed by atoms with Crippen molar-refractivity contribution in [2.75, 3.05) is 7.11 Å². The van der Waals surface area contributed by atoms with Crippen molar-refractivity contribution < 1.29 is 9.84 Å². The first-order valence-electron chi connectivity index (χ1n) is 6.21. The van der Waals surface area contributed by atoms with E-state index in [9.17, 15) is 5.11 Å². The van der Waals surface area contributed by atoms with Crippen molar-refractivity contribution in [2.24, 2.45) is 0 Å². The minimum absolute atomic E-state index is 0.508. The van der Waals surface area contributed by atoms with Gasteiger partial charge in [-0.05, 0) is 48.6 Å². The van der Waals surface area contributed by atoms with Crippen LogP contribution in [0.4, 0.5) is 0 Å². The number of hydrogen-bond donors (Lipinski definition) is 1. The van der Waals surface area contributed by atoms with Crippen molar-refractivity contribution in [1.29, 1.82) is 0 Å². The van der Waals surface area contributed by atoms with Gasteiger partial charge in [-0.2, -0.15) is 0 Å². The molecule has 1 atom stereocenters. The summed E-state index contributed by atoms with van der Waals surface area (Å²) in [6.07, 6.45) is 3.10. The fourth-order valence-corrected chi connectivity index (χ4v) is 3.71. The summed E-state index contributed by atoms with van der Waals surface area (Å²) in [5.74, 6) is 0.819. The predicted molar refractivity (Wildman–Crippen MR) is 73.4 cm³/mol. The van der Waals surface area contributed by atoms with Gasteiger partial charge in [0, 0.05) is 9.75 Å². The quantitative estimate of drug-likeness (QED) is 0.917. The second kappa shape index (κ2) is 4.75. The van der Waals surface area contributed by atoms with E-state index in [1.807, 2.05) is 24.3 Å². The second-order valence-corrected chi connectivity index (χ2v) is 5.79. The van der Waals surface area contributed by atoms with Crippen molar-refractivity contribution in [3.63, 3.8) is 0 Å². The standard InChI is InChI=1S/C15H16O2S/c1-17-12-7-5-10(6-8-12)15(16)14-9-11-3-2-4-13(11)18-14/h5-9,15-16H,2-4H2,1H3. The Morgan fingerprint density at radius 1 is 1.22 bits per heavy atom. The van der Waals surface area contributed by atoms with Gasteiger partial charge in [0.25, 0.3) is 0 Å². The Balaban J connectivity index is 1.86. The van der Waals surface area contributed by atoms with E-state index >= 15 is 0 Å². The van der Waals surface area contributed by atoms with E-state index in [1.54, 1.807) is 18.4 Å². The van der Waals surface area contributed by atoms with Gasteiger partial charge in [0.15, 0.2) is 0 Å². The maximum atomic E-state index is 10.4. The SMILES string of the molecule is COc1ccc(C(O)c2cc3c(s2)CCC3)cc1. The third-order valence-corrected chi connectivity index (χ3v) is 4.76. The summed E-state index contributed by atoms with van der Waals surface area (Å²) in [5.41, 5.74) is 2.36. The Morgan fingerprint density at radius 3 is 2.67 bits per heavy atom. The van der Waals surface area contributed by atoms with E-state index in [-0.39, 0.29) is 0 Å². The van der Waals surface area contributed by atoms with Crippen LogP contribution in [0, 0.1) is 0 Å². The molecule has 1 heterocycles. The fraction of sp³-hybridized carbons (Fsp3) is 0.333. The summed E-state index contributed by atoms with van der Waals surface area (Å²) < 4.78 is 5.13. The summed E-state index contributed by atoms with van der Waals surface area (Å²) in [6, 6.07) is 9.80. The summed E-state index contributed by atoms with van der Waals surface area (Å²) in [6.45, 7) is 0. The number of benzene rings is 1. The zero-order valence-electron chi connectivity index (χ0n) is 10.3. The van der Waals surface area contributed by atoms with E-state index < -0.39 is 6.10 Å². The van der Waals surface area contributed by atoms with Crippen LogP contribution in [0.5, 0.6) is 5.75 Å². The van der Waals surface area contributed by atoms with E-state index in [0.717, 1.165) is 16.2 Å². The van der Waals surface area contributed by atoms with Crippen LogP contribution in [-0.2, 0) is 12.8 Å². The van der Waals surface area contributed by atoms with Crippen LogP contribution >= 0.6 is 11.3 Å². The third-order valence-electron chi connectivity index (χ3n) is 3.47. The number of ether oxygens (including phenoxy) is 1. The molecule has 0 saturated carbocycles. The van der Waals surface area contributed by atoms with Gasteiger partial charge < -0.3 is 9.84 Å². The normalized spacial score (nSPS) is 15.4. The van der Waals surface area contributed by atoms with Gasteiger partial charge >= 0.3 is 0 Å². The lowest BCUT2D eigenvalue weighted by atomic mass is 10.1. The van der Waals surface area contributed by atoms with Gasteiger partial charge in [0.05, 0.1) is 7.11 Å². The number of rotatable bonds is 3. The first-order valence-corrected chi connectivity index (χ1v) is 7.03. The molecule has 0 aliphatic heterocycles. The fourth-order valence-electron chi connectivity index (χ4n) is 2.44. The average molecular weight is 260 g/mol. The lowest BCUT2D eigenvalue weighted by Crippen LogP contribution is -1.97. The Kier molecular flexibility index (Phi) is 3.10. The van der Waals surface area contributed by atoms with Crippen molar-refractivity contribution in [1.82, 2.24) is 0 Å². The van der Waals surface area contributed by atoms with Gasteiger partial charge in [-0.1, -0.05) is 12.1 Å². The largest absolute Gasteiger partial charge is 0.497 e. The van der Waals surface area contributed by atoms with Crippen LogP contribution < -0.4 is 4.74 Å². The molecule has 0 spiro atoms. The van der Waals surface area contributed by atoms with Gasteiger partial charge in [-0.3, -0.25) is 0 Å². The molecule has 2 nitrogen and oxygen atoms in total. The average Bonchev–Trinajstić information content (AvgIpc) is 2.99. The minimum atomic E-state index is -0.508. The topological polar surface area (TPSA) is 29.5 Å². The van der Waals surface area contributed by atoms with Crippen molar-refractivity contribution in [3.8, 4) is 5.75 Å². The summed E-state index contributed by atoms with van der Waals surface area (Å²) in [7, 11) is 1.65. The lowest BCUT2D eigenvalue weighted by molar-refractivity contribution is 0.224. The second-order valence-electron chi connectivity index (χ2n) is 4.63. The number of hydrogen-bond acceptors (Lipinski definition) is 3. The van der Waals surface area contributed by atoms with Gasteiger partial charge in [0.2, 0.25) is 0 Å². The Labute approximate surface area is 111 Å². The zero-order valence-corrected chi connectivity index (χ0v) is 11.2. The molecule has 3 rings (SSSR count). The predicted octanol–water partition coefficient (Wildman–Crippen LogP) is 3.33. The number of thiophene rings is 1. The van der Waals surface area contributed by atoms with Crippen LogP contribution in [0.25, 0.3) is 0 Å². The maximum Gasteiger partial charge on any atom is 0.118 e. The van der Waals surface area contributed by atoms with Gasteiger partial charge in [-0.25, -0.2) is 0 Å². The molecule has 2 aromatic rings. The molecule has 1 aromatic carbocycles. The molecule has 1 aliphatic carbocycles. The smallest absolute Gasteiger partial charge is 0.118 e. The molecule has 94 valence electrons. The molecular weight excluding hydrogens is 244 g/mol. The molecule has 0 radical (unpaired) electrons. The highest BCUT2D eigenvalue weighted by atomic mass is 32.1. The zero-order chi connectivity index (χ0) is 12.5. The Morgan fingerprint density at radius 2 is 2.00 bits per heavy atom. The van der Waals surface area contributed by atoms with Crippen molar-refractivity contribution in [3.05, 3.63) is 51.2 Å². The van der Waals surface area contributed by atoms with Crippen LogP contribution in [0.3, 0.4) is 0 Å². The summed E-state index contributed by atoms with van der Waals surface area (Å²) in [5, 5.41) is 10.4. The molecule has 1 aliphatic rings.